The number of hydrogen-bond acceptors (Lipinski definition) is 5. The van der Waals surface area contributed by atoms with Crippen molar-refractivity contribution in [2.45, 2.75) is 82.7 Å². The first-order valence-electron chi connectivity index (χ1n) is 11.5. The molecular weight excluding hydrogens is 443 g/mol. The average Bonchev–Trinajstić information content (AvgIpc) is 3.07. The number of nitrogens with one attached hydrogen (secondary N) is 1. The third kappa shape index (κ3) is 4.35. The summed E-state index contributed by atoms with van der Waals surface area (Å²) in [6.07, 6.45) is -4.17. The van der Waals surface area contributed by atoms with Gasteiger partial charge in [-0.3, -0.25) is 4.79 Å². The zero-order chi connectivity index (χ0) is 24.4. The Bertz CT molecular complexity index is 826. The summed E-state index contributed by atoms with van der Waals surface area (Å²) in [7, 11) is 0. The summed E-state index contributed by atoms with van der Waals surface area (Å²) in [5.41, 5.74) is 1.57. The van der Waals surface area contributed by atoms with Crippen LogP contribution in [0.2, 0.25) is 0 Å². The highest BCUT2D eigenvalue weighted by Crippen LogP contribution is 2.60. The molecule has 5 fully saturated rings. The van der Waals surface area contributed by atoms with Gasteiger partial charge >= 0.3 is 18.4 Å². The van der Waals surface area contributed by atoms with Gasteiger partial charge in [-0.1, -0.05) is 0 Å². The van der Waals surface area contributed by atoms with Crippen molar-refractivity contribution in [3.8, 4) is 0 Å². The largest absolute Gasteiger partial charge is 0.446 e. The molecule has 0 aromatic heterocycles. The molecule has 1 aliphatic heterocycles. The highest BCUT2D eigenvalue weighted by atomic mass is 19.4. The Morgan fingerprint density at radius 3 is 2.18 bits per heavy atom. The van der Waals surface area contributed by atoms with Gasteiger partial charge in [0.2, 0.25) is 5.91 Å². The summed E-state index contributed by atoms with van der Waals surface area (Å²) >= 11 is 0. The maximum absolute atomic E-state index is 14.0. The minimum absolute atomic E-state index is 0.0115. The van der Waals surface area contributed by atoms with E-state index < -0.39 is 54.0 Å². The van der Waals surface area contributed by atoms with E-state index in [1.165, 1.54) is 0 Å². The van der Waals surface area contributed by atoms with Crippen molar-refractivity contribution in [2.24, 2.45) is 28.9 Å². The van der Waals surface area contributed by atoms with Gasteiger partial charge in [0, 0.05) is 6.54 Å². The molecule has 4 unspecified atom stereocenters. The topological polar surface area (TPSA) is 111 Å². The predicted molar refractivity (Wildman–Crippen MR) is 110 cm³/mol. The van der Waals surface area contributed by atoms with Gasteiger partial charge in [-0.25, -0.2) is 9.59 Å². The van der Waals surface area contributed by atoms with Crippen molar-refractivity contribution < 1.29 is 37.0 Å². The van der Waals surface area contributed by atoms with E-state index in [1.54, 1.807) is 20.8 Å². The number of alkyl carbamates (subject to hydrolysis) is 1. The van der Waals surface area contributed by atoms with Crippen molar-refractivity contribution in [3.63, 3.8) is 0 Å². The van der Waals surface area contributed by atoms with E-state index >= 15 is 0 Å². The van der Waals surface area contributed by atoms with Gasteiger partial charge in [-0.15, -0.1) is 0 Å². The van der Waals surface area contributed by atoms with Gasteiger partial charge in [0.15, 0.2) is 5.54 Å². The van der Waals surface area contributed by atoms with Crippen molar-refractivity contribution in [1.82, 2.24) is 10.2 Å². The smallest absolute Gasteiger partial charge is 0.413 e. The number of halogens is 3. The van der Waals surface area contributed by atoms with Crippen molar-refractivity contribution in [1.29, 1.82) is 0 Å². The van der Waals surface area contributed by atoms with Crippen LogP contribution in [-0.2, 0) is 14.3 Å². The molecule has 0 aromatic rings. The summed E-state index contributed by atoms with van der Waals surface area (Å²) in [4.78, 5) is 38.1. The number of carbonyl (C=O) groups excluding carboxylic acids is 3. The van der Waals surface area contributed by atoms with E-state index in [9.17, 15) is 27.6 Å². The highest BCUT2D eigenvalue weighted by molar-refractivity contribution is 5.81. The van der Waals surface area contributed by atoms with Crippen LogP contribution in [0.4, 0.5) is 22.8 Å². The second-order valence-corrected chi connectivity index (χ2v) is 11.3. The summed E-state index contributed by atoms with van der Waals surface area (Å²) in [6, 6.07) is 0. The van der Waals surface area contributed by atoms with Gasteiger partial charge in [0.25, 0.3) is 0 Å². The lowest BCUT2D eigenvalue weighted by molar-refractivity contribution is -0.191. The summed E-state index contributed by atoms with van der Waals surface area (Å²) in [5.74, 6) is 0.0344. The second-order valence-electron chi connectivity index (χ2n) is 11.3. The molecule has 5 aliphatic rings. The molecule has 0 aromatic carbocycles. The molecule has 4 bridgehead atoms. The van der Waals surface area contributed by atoms with Gasteiger partial charge < -0.3 is 25.4 Å². The number of nitrogens with two attached hydrogens (primary N) is 1. The normalized spacial score (nSPS) is 37.7. The summed E-state index contributed by atoms with van der Waals surface area (Å²) < 4.78 is 52.7. The quantitative estimate of drug-likeness (QED) is 0.651. The van der Waals surface area contributed by atoms with Crippen LogP contribution in [0.25, 0.3) is 0 Å². The molecule has 1 heterocycles. The first-order valence-corrected chi connectivity index (χ1v) is 11.5. The maximum atomic E-state index is 14.0. The van der Waals surface area contributed by atoms with Crippen LogP contribution < -0.4 is 11.1 Å². The molecule has 8 nitrogen and oxygen atoms in total. The predicted octanol–water partition coefficient (Wildman–Crippen LogP) is 3.33. The Morgan fingerprint density at radius 2 is 1.67 bits per heavy atom. The average molecular weight is 476 g/mol. The Hall–Kier alpha value is -2.20. The van der Waals surface area contributed by atoms with E-state index in [4.69, 9.17) is 15.2 Å². The molecule has 4 aliphatic carbocycles. The molecule has 5 rings (SSSR count). The molecule has 3 amide bonds. The minimum atomic E-state index is -4.78. The molecule has 0 radical (unpaired) electrons. The van der Waals surface area contributed by atoms with E-state index in [-0.39, 0.29) is 24.3 Å². The summed E-state index contributed by atoms with van der Waals surface area (Å²) in [6.45, 7) is 3.71. The van der Waals surface area contributed by atoms with Gasteiger partial charge in [-0.05, 0) is 77.0 Å². The zero-order valence-electron chi connectivity index (χ0n) is 19.2. The van der Waals surface area contributed by atoms with Gasteiger partial charge in [-0.2, -0.15) is 13.2 Å². The zero-order valence-corrected chi connectivity index (χ0v) is 19.2. The first-order chi connectivity index (χ1) is 15.1. The van der Waals surface area contributed by atoms with Crippen LogP contribution >= 0.6 is 0 Å². The fraction of sp³-hybridized carbons (Fsp3) is 0.864. The molecule has 4 saturated carbocycles. The van der Waals surface area contributed by atoms with E-state index in [0.717, 1.165) is 24.2 Å². The molecule has 6 atom stereocenters. The van der Waals surface area contributed by atoms with Crippen LogP contribution in [0.5, 0.6) is 0 Å². The highest BCUT2D eigenvalue weighted by Gasteiger charge is 2.62. The van der Waals surface area contributed by atoms with Crippen LogP contribution in [-0.4, -0.2) is 59.5 Å². The lowest BCUT2D eigenvalue weighted by Gasteiger charge is -2.58. The minimum Gasteiger partial charge on any atom is -0.446 e. The SMILES string of the molecule is CC(C)(C)OC(=O)NC1(C(F)(F)F)CCN(C(=O)OC2C3CC4C[C@H]2C[C@@](C(N)=O)(C4)C3)C1. The maximum Gasteiger partial charge on any atom is 0.413 e. The molecule has 33 heavy (non-hydrogen) atoms. The van der Waals surface area contributed by atoms with Crippen LogP contribution in [0.15, 0.2) is 0 Å². The number of amides is 3. The number of carbonyl (C=O) groups is 3. The Labute approximate surface area is 190 Å². The van der Waals surface area contributed by atoms with E-state index in [1.807, 2.05) is 5.32 Å². The second kappa shape index (κ2) is 7.66. The number of nitrogens with zero attached hydrogens (tertiary/aromatic N) is 1. The fourth-order valence-corrected chi connectivity index (χ4v) is 6.53. The molecule has 0 spiro atoms. The standard InChI is InChI=1S/C22H32F3N3O5/c1-19(2,3)33-17(30)27-21(22(23,24)25)4-5-28(11-21)18(31)32-15-13-6-12-7-14(15)10-20(8-12,9-13)16(26)29/h12-15H,4-11H2,1-3H3,(H2,26,29)(H,27,30)/t12?,13-,14?,15?,20-,21?/m0/s1. The summed E-state index contributed by atoms with van der Waals surface area (Å²) in [5, 5.41) is 1.96. The third-order valence-corrected chi connectivity index (χ3v) is 7.76. The van der Waals surface area contributed by atoms with Gasteiger partial charge in [0.1, 0.15) is 11.7 Å². The molecule has 3 N–H and O–H groups in total. The third-order valence-electron chi connectivity index (χ3n) is 7.76. The Kier molecular flexibility index (Phi) is 5.56. The lowest BCUT2D eigenvalue weighted by atomic mass is 9.48. The number of likely N-dealkylation sites (tertiary alicyclic amines) is 1. The van der Waals surface area contributed by atoms with Crippen molar-refractivity contribution in [3.05, 3.63) is 0 Å². The number of rotatable bonds is 3. The van der Waals surface area contributed by atoms with Gasteiger partial charge in [0.05, 0.1) is 12.0 Å². The number of alkyl halides is 3. The monoisotopic (exact) mass is 475 g/mol. The van der Waals surface area contributed by atoms with Crippen molar-refractivity contribution >= 4 is 18.1 Å². The van der Waals surface area contributed by atoms with E-state index in [0.29, 0.717) is 18.8 Å². The van der Waals surface area contributed by atoms with Crippen LogP contribution in [0, 0.1) is 23.2 Å². The molecular formula is C22H32F3N3O5. The fourth-order valence-electron chi connectivity index (χ4n) is 6.53. The number of primary amides is 1. The van der Waals surface area contributed by atoms with Crippen molar-refractivity contribution in [2.75, 3.05) is 13.1 Å². The number of ether oxygens (including phenoxy) is 2. The molecule has 11 heteroatoms. The lowest BCUT2D eigenvalue weighted by Crippen LogP contribution is -2.61. The number of hydrogen-bond donors (Lipinski definition) is 2. The molecule has 1 saturated heterocycles. The Balaban J connectivity index is 1.43. The van der Waals surface area contributed by atoms with Crippen LogP contribution in [0.1, 0.15) is 59.3 Å². The molecule has 186 valence electrons. The van der Waals surface area contributed by atoms with E-state index in [2.05, 4.69) is 0 Å². The first kappa shape index (κ1) is 23.9. The van der Waals surface area contributed by atoms with Crippen LogP contribution in [0.3, 0.4) is 0 Å². The Morgan fingerprint density at radius 1 is 1.06 bits per heavy atom.